The molecule has 6 nitrogen and oxygen atoms in total. The van der Waals surface area contributed by atoms with Gasteiger partial charge in [0.05, 0.1) is 14.2 Å². The Morgan fingerprint density at radius 1 is 1.14 bits per heavy atom. The topological polar surface area (TPSA) is 84.9 Å². The molecule has 3 aromatic rings. The highest BCUT2D eigenvalue weighted by atomic mass is 79.9. The highest BCUT2D eigenvalue weighted by molar-refractivity contribution is 9.10. The quantitative estimate of drug-likeness (QED) is 0.470. The number of ether oxygens (including phenoxy) is 2. The third-order valence-electron chi connectivity index (χ3n) is 4.66. The van der Waals surface area contributed by atoms with E-state index in [0.29, 0.717) is 17.2 Å². The van der Waals surface area contributed by atoms with Crippen LogP contribution in [0, 0.1) is 5.41 Å². The van der Waals surface area contributed by atoms with E-state index in [0.717, 1.165) is 19.4 Å². The molecule has 2 aromatic carbocycles. The van der Waals surface area contributed by atoms with Gasteiger partial charge >= 0.3 is 5.97 Å². The Labute approximate surface area is 180 Å². The number of rotatable bonds is 7. The number of aliphatic carboxylic acids is 1. The number of carboxylic acid groups (broad SMARTS) is 1. The molecule has 0 radical (unpaired) electrons. The van der Waals surface area contributed by atoms with Crippen molar-refractivity contribution < 1.29 is 24.2 Å². The van der Waals surface area contributed by atoms with E-state index in [1.54, 1.807) is 32.4 Å². The number of thiophene rings is 1. The first-order valence-electron chi connectivity index (χ1n) is 8.71. The Bertz CT molecular complexity index is 1040. The molecular weight excluding hydrogens is 458 g/mol. The number of benzene rings is 2. The molecule has 0 saturated heterocycles. The predicted molar refractivity (Wildman–Crippen MR) is 117 cm³/mol. The van der Waals surface area contributed by atoms with Crippen molar-refractivity contribution in [2.75, 3.05) is 19.5 Å². The van der Waals surface area contributed by atoms with Gasteiger partial charge in [0.15, 0.2) is 11.5 Å². The van der Waals surface area contributed by atoms with Crippen molar-refractivity contribution in [1.82, 2.24) is 0 Å². The molecule has 0 saturated carbocycles. The number of fused-ring (bicyclic) bond motifs is 1. The summed E-state index contributed by atoms with van der Waals surface area (Å²) in [6, 6.07) is 12.6. The first kappa shape index (κ1) is 21.1. The lowest BCUT2D eigenvalue weighted by molar-refractivity contribution is -0.152. The molecule has 1 heterocycles. The maximum Gasteiger partial charge on any atom is 0.319 e. The Kier molecular flexibility index (Phi) is 6.14. The summed E-state index contributed by atoms with van der Waals surface area (Å²) < 4.78 is 12.4. The van der Waals surface area contributed by atoms with E-state index >= 15 is 0 Å². The lowest BCUT2D eigenvalue weighted by Gasteiger charge is -2.23. The van der Waals surface area contributed by atoms with Crippen LogP contribution in [0.2, 0.25) is 0 Å². The highest BCUT2D eigenvalue weighted by Crippen LogP contribution is 2.38. The summed E-state index contributed by atoms with van der Waals surface area (Å²) in [6.07, 6.45) is 0.0617. The number of carboxylic acids is 1. The third-order valence-corrected chi connectivity index (χ3v) is 6.25. The molecule has 0 aliphatic rings. The second-order valence-corrected chi connectivity index (χ2v) is 8.82. The zero-order valence-electron chi connectivity index (χ0n) is 16.1. The molecule has 0 aliphatic heterocycles. The van der Waals surface area contributed by atoms with Crippen LogP contribution in [0.1, 0.15) is 11.8 Å². The van der Waals surface area contributed by atoms with Crippen molar-refractivity contribution in [1.29, 1.82) is 0 Å². The van der Waals surface area contributed by atoms with Gasteiger partial charge in [0, 0.05) is 32.2 Å². The van der Waals surface area contributed by atoms with E-state index in [9.17, 15) is 14.7 Å². The van der Waals surface area contributed by atoms with E-state index in [2.05, 4.69) is 21.2 Å². The molecule has 1 aromatic heterocycles. The lowest BCUT2D eigenvalue weighted by atomic mass is 9.85. The van der Waals surface area contributed by atoms with Crippen LogP contribution in [-0.2, 0) is 16.0 Å². The molecule has 0 bridgehead atoms. The SMILES string of the molecule is COc1cc2cc(CC(C)(C(=O)O)C(=O)Nc3cccc(Br)c3)sc2cc1OC. The number of carbonyl (C=O) groups excluding carboxylic acids is 1. The van der Waals surface area contributed by atoms with Gasteiger partial charge in [-0.15, -0.1) is 11.3 Å². The second kappa shape index (κ2) is 8.42. The summed E-state index contributed by atoms with van der Waals surface area (Å²) in [7, 11) is 3.12. The van der Waals surface area contributed by atoms with Gasteiger partial charge < -0.3 is 19.9 Å². The Morgan fingerprint density at radius 2 is 1.83 bits per heavy atom. The van der Waals surface area contributed by atoms with Crippen LogP contribution < -0.4 is 14.8 Å². The Balaban J connectivity index is 1.91. The summed E-state index contributed by atoms with van der Waals surface area (Å²) in [5.74, 6) is -0.562. The molecule has 152 valence electrons. The fourth-order valence-electron chi connectivity index (χ4n) is 2.95. The molecule has 1 unspecified atom stereocenters. The fourth-order valence-corrected chi connectivity index (χ4v) is 4.58. The van der Waals surface area contributed by atoms with Crippen molar-refractivity contribution in [3.8, 4) is 11.5 Å². The van der Waals surface area contributed by atoms with Crippen LogP contribution in [-0.4, -0.2) is 31.2 Å². The van der Waals surface area contributed by atoms with E-state index in [4.69, 9.17) is 9.47 Å². The van der Waals surface area contributed by atoms with Gasteiger partial charge in [-0.2, -0.15) is 0 Å². The molecule has 8 heteroatoms. The van der Waals surface area contributed by atoms with Gasteiger partial charge in [-0.1, -0.05) is 22.0 Å². The standard InChI is InChI=1S/C21H20BrNO5S/c1-21(20(25)26,19(24)23-14-6-4-5-13(22)9-14)11-15-7-12-8-16(27-2)17(28-3)10-18(12)29-15/h4-10H,11H2,1-3H3,(H,23,24)(H,25,26). The van der Waals surface area contributed by atoms with Gasteiger partial charge in [-0.3, -0.25) is 9.59 Å². The van der Waals surface area contributed by atoms with E-state index in [1.807, 2.05) is 24.3 Å². The number of halogens is 1. The largest absolute Gasteiger partial charge is 0.493 e. The fraction of sp³-hybridized carbons (Fsp3) is 0.238. The molecule has 0 aliphatic carbocycles. The molecule has 1 amide bonds. The smallest absolute Gasteiger partial charge is 0.319 e. The van der Waals surface area contributed by atoms with Crippen LogP contribution in [0.15, 0.2) is 46.9 Å². The predicted octanol–water partition coefficient (Wildman–Crippen LogP) is 4.95. The highest BCUT2D eigenvalue weighted by Gasteiger charge is 2.42. The number of nitrogens with one attached hydrogen (secondary N) is 1. The normalized spacial score (nSPS) is 13.0. The summed E-state index contributed by atoms with van der Waals surface area (Å²) in [5, 5.41) is 13.4. The number of carbonyl (C=O) groups is 2. The van der Waals surface area contributed by atoms with Crippen LogP contribution in [0.5, 0.6) is 11.5 Å². The number of amides is 1. The average molecular weight is 478 g/mol. The second-order valence-electron chi connectivity index (χ2n) is 6.74. The first-order chi connectivity index (χ1) is 13.8. The van der Waals surface area contributed by atoms with E-state index in [1.165, 1.54) is 18.3 Å². The van der Waals surface area contributed by atoms with Gasteiger partial charge in [0.25, 0.3) is 0 Å². The van der Waals surface area contributed by atoms with Gasteiger partial charge in [-0.25, -0.2) is 0 Å². The van der Waals surface area contributed by atoms with Crippen molar-refractivity contribution in [2.24, 2.45) is 5.41 Å². The van der Waals surface area contributed by atoms with Crippen molar-refractivity contribution in [3.05, 3.63) is 51.8 Å². The van der Waals surface area contributed by atoms with E-state index < -0.39 is 17.3 Å². The zero-order valence-corrected chi connectivity index (χ0v) is 18.5. The summed E-state index contributed by atoms with van der Waals surface area (Å²) in [5.41, 5.74) is -1.10. The number of methoxy groups -OCH3 is 2. The molecule has 0 fully saturated rings. The van der Waals surface area contributed by atoms with Crippen LogP contribution >= 0.6 is 27.3 Å². The summed E-state index contributed by atoms with van der Waals surface area (Å²) in [4.78, 5) is 25.7. The molecule has 2 N–H and O–H groups in total. The Hall–Kier alpha value is -2.58. The minimum absolute atomic E-state index is 0.0617. The molecule has 29 heavy (non-hydrogen) atoms. The molecule has 0 spiro atoms. The van der Waals surface area contributed by atoms with E-state index in [-0.39, 0.29) is 6.42 Å². The monoisotopic (exact) mass is 477 g/mol. The van der Waals surface area contributed by atoms with Gasteiger partial charge in [0.2, 0.25) is 5.91 Å². The van der Waals surface area contributed by atoms with Crippen molar-refractivity contribution in [2.45, 2.75) is 13.3 Å². The van der Waals surface area contributed by atoms with Gasteiger partial charge in [0.1, 0.15) is 5.41 Å². The maximum atomic E-state index is 12.9. The first-order valence-corrected chi connectivity index (χ1v) is 10.3. The minimum Gasteiger partial charge on any atom is -0.493 e. The van der Waals surface area contributed by atoms with Crippen molar-refractivity contribution in [3.63, 3.8) is 0 Å². The number of hydrogen-bond acceptors (Lipinski definition) is 5. The minimum atomic E-state index is -1.63. The summed E-state index contributed by atoms with van der Waals surface area (Å²) >= 11 is 4.77. The molecular formula is C21H20BrNO5S. The lowest BCUT2D eigenvalue weighted by Crippen LogP contribution is -2.42. The number of hydrogen-bond donors (Lipinski definition) is 2. The third kappa shape index (κ3) is 4.38. The van der Waals surface area contributed by atoms with Crippen LogP contribution in [0.4, 0.5) is 5.69 Å². The molecule has 1 atom stereocenters. The Morgan fingerprint density at radius 3 is 2.45 bits per heavy atom. The maximum absolute atomic E-state index is 12.9. The van der Waals surface area contributed by atoms with Crippen LogP contribution in [0.25, 0.3) is 10.1 Å². The zero-order chi connectivity index (χ0) is 21.2. The average Bonchev–Trinajstić information content (AvgIpc) is 3.07. The van der Waals surface area contributed by atoms with Gasteiger partial charge in [-0.05, 0) is 42.6 Å². The molecule has 3 rings (SSSR count). The van der Waals surface area contributed by atoms with Crippen LogP contribution in [0.3, 0.4) is 0 Å². The summed E-state index contributed by atoms with van der Waals surface area (Å²) in [6.45, 7) is 1.44. The number of anilines is 1. The van der Waals surface area contributed by atoms with Crippen molar-refractivity contribution >= 4 is 54.9 Å².